The zero-order valence-electron chi connectivity index (χ0n) is 13.1. The van der Waals surface area contributed by atoms with E-state index in [9.17, 15) is 0 Å². The van der Waals surface area contributed by atoms with Crippen LogP contribution < -0.4 is 10.5 Å². The van der Waals surface area contributed by atoms with Crippen molar-refractivity contribution in [1.29, 1.82) is 0 Å². The second-order valence-electron chi connectivity index (χ2n) is 6.71. The van der Waals surface area contributed by atoms with Gasteiger partial charge < -0.3 is 10.5 Å². The maximum absolute atomic E-state index is 6.30. The van der Waals surface area contributed by atoms with Gasteiger partial charge in [0.05, 0.1) is 6.61 Å². The van der Waals surface area contributed by atoms with Crippen molar-refractivity contribution >= 4 is 0 Å². The first-order valence-electron chi connectivity index (χ1n) is 8.46. The Hall–Kier alpha value is -1.06. The fourth-order valence-corrected chi connectivity index (χ4v) is 3.91. The molecule has 3 atom stereocenters. The normalized spacial score (nSPS) is 29.3. The number of likely N-dealkylation sites (tertiary alicyclic amines) is 1. The van der Waals surface area contributed by atoms with E-state index in [0.717, 1.165) is 37.2 Å². The third kappa shape index (κ3) is 3.58. The highest BCUT2D eigenvalue weighted by Gasteiger charge is 2.38. The highest BCUT2D eigenvalue weighted by Crippen LogP contribution is 2.36. The Bertz CT molecular complexity index is 445. The topological polar surface area (TPSA) is 38.5 Å². The molecule has 3 unspecified atom stereocenters. The molecular formula is C18H28N2O. The average Bonchev–Trinajstić information content (AvgIpc) is 2.91. The molecule has 3 nitrogen and oxygen atoms in total. The van der Waals surface area contributed by atoms with E-state index in [1.165, 1.54) is 37.9 Å². The number of hydrogen-bond acceptors (Lipinski definition) is 3. The Balaban J connectivity index is 1.55. The molecule has 0 amide bonds. The molecular weight excluding hydrogens is 260 g/mol. The van der Waals surface area contributed by atoms with Crippen molar-refractivity contribution in [1.82, 2.24) is 4.90 Å². The van der Waals surface area contributed by atoms with Crippen LogP contribution >= 0.6 is 0 Å². The Morgan fingerprint density at radius 1 is 1.19 bits per heavy atom. The third-order valence-electron chi connectivity index (χ3n) is 5.03. The van der Waals surface area contributed by atoms with Gasteiger partial charge in [-0.05, 0) is 48.8 Å². The third-order valence-corrected chi connectivity index (χ3v) is 5.03. The molecule has 3 heteroatoms. The molecule has 0 aromatic heterocycles. The number of hydrogen-bond donors (Lipinski definition) is 1. The second kappa shape index (κ2) is 6.80. The van der Waals surface area contributed by atoms with Crippen LogP contribution in [-0.2, 0) is 6.54 Å². The van der Waals surface area contributed by atoms with Gasteiger partial charge in [0.25, 0.3) is 0 Å². The van der Waals surface area contributed by atoms with E-state index in [4.69, 9.17) is 10.5 Å². The molecule has 1 saturated heterocycles. The van der Waals surface area contributed by atoms with Gasteiger partial charge in [-0.2, -0.15) is 0 Å². The minimum Gasteiger partial charge on any atom is -0.494 e. The van der Waals surface area contributed by atoms with Crippen molar-refractivity contribution in [2.24, 2.45) is 17.6 Å². The predicted octanol–water partition coefficient (Wildman–Crippen LogP) is 3.03. The Morgan fingerprint density at radius 3 is 2.71 bits per heavy atom. The summed E-state index contributed by atoms with van der Waals surface area (Å²) in [4.78, 5) is 2.59. The lowest BCUT2D eigenvalue weighted by molar-refractivity contribution is 0.259. The largest absolute Gasteiger partial charge is 0.494 e. The molecule has 21 heavy (non-hydrogen) atoms. The first-order chi connectivity index (χ1) is 10.3. The van der Waals surface area contributed by atoms with Gasteiger partial charge in [0.2, 0.25) is 0 Å². The van der Waals surface area contributed by atoms with Crippen LogP contribution in [0.15, 0.2) is 24.3 Å². The Labute approximate surface area is 128 Å². The number of nitrogens with zero attached hydrogens (tertiary/aromatic N) is 1. The van der Waals surface area contributed by atoms with Gasteiger partial charge in [0.15, 0.2) is 0 Å². The molecule has 3 rings (SSSR count). The van der Waals surface area contributed by atoms with E-state index >= 15 is 0 Å². The van der Waals surface area contributed by atoms with E-state index in [2.05, 4.69) is 36.1 Å². The Kier molecular flexibility index (Phi) is 4.81. The molecule has 1 heterocycles. The van der Waals surface area contributed by atoms with Crippen molar-refractivity contribution in [2.45, 2.75) is 45.2 Å². The van der Waals surface area contributed by atoms with Gasteiger partial charge in [-0.15, -0.1) is 0 Å². The first kappa shape index (κ1) is 14.9. The molecule has 0 bridgehead atoms. The molecule has 1 aliphatic carbocycles. The minimum atomic E-state index is 0.429. The zero-order valence-corrected chi connectivity index (χ0v) is 13.1. The predicted molar refractivity (Wildman–Crippen MR) is 86.3 cm³/mol. The van der Waals surface area contributed by atoms with Gasteiger partial charge in [0.1, 0.15) is 5.75 Å². The fraction of sp³-hybridized carbons (Fsp3) is 0.667. The zero-order chi connectivity index (χ0) is 14.7. The van der Waals surface area contributed by atoms with E-state index in [-0.39, 0.29) is 0 Å². The number of rotatable bonds is 5. The first-order valence-corrected chi connectivity index (χ1v) is 8.46. The molecule has 1 aliphatic heterocycles. The second-order valence-corrected chi connectivity index (χ2v) is 6.71. The van der Waals surface area contributed by atoms with E-state index < -0.39 is 0 Å². The molecule has 1 aromatic carbocycles. The van der Waals surface area contributed by atoms with Gasteiger partial charge in [-0.25, -0.2) is 0 Å². The quantitative estimate of drug-likeness (QED) is 0.905. The number of nitrogens with two attached hydrogens (primary N) is 1. The summed E-state index contributed by atoms with van der Waals surface area (Å²) in [5, 5.41) is 0. The van der Waals surface area contributed by atoms with Crippen molar-refractivity contribution in [3.63, 3.8) is 0 Å². The maximum Gasteiger partial charge on any atom is 0.119 e. The highest BCUT2D eigenvalue weighted by molar-refractivity contribution is 5.27. The molecule has 2 N–H and O–H groups in total. The average molecular weight is 288 g/mol. The summed E-state index contributed by atoms with van der Waals surface area (Å²) in [5.41, 5.74) is 7.68. The number of fused-ring (bicyclic) bond motifs is 1. The van der Waals surface area contributed by atoms with E-state index in [1.54, 1.807) is 0 Å². The lowest BCUT2D eigenvalue weighted by atomic mass is 9.78. The summed E-state index contributed by atoms with van der Waals surface area (Å²) in [6.07, 6.45) is 4.97. The molecule has 116 valence electrons. The molecule has 0 radical (unpaired) electrons. The molecule has 2 aliphatic rings. The van der Waals surface area contributed by atoms with E-state index in [1.807, 2.05) is 0 Å². The van der Waals surface area contributed by atoms with Gasteiger partial charge in [0, 0.05) is 25.7 Å². The minimum absolute atomic E-state index is 0.429. The van der Waals surface area contributed by atoms with Crippen LogP contribution in [0.3, 0.4) is 0 Å². The lowest BCUT2D eigenvalue weighted by Gasteiger charge is -2.29. The smallest absolute Gasteiger partial charge is 0.119 e. The molecule has 2 fully saturated rings. The van der Waals surface area contributed by atoms with Crippen LogP contribution in [0.2, 0.25) is 0 Å². The maximum atomic E-state index is 6.30. The van der Waals surface area contributed by atoms with Gasteiger partial charge in [-0.3, -0.25) is 4.90 Å². The summed E-state index contributed by atoms with van der Waals surface area (Å²) in [6.45, 7) is 6.39. The fourth-order valence-electron chi connectivity index (χ4n) is 3.91. The van der Waals surface area contributed by atoms with Crippen LogP contribution in [0.4, 0.5) is 0 Å². The van der Waals surface area contributed by atoms with Crippen molar-refractivity contribution < 1.29 is 4.74 Å². The van der Waals surface area contributed by atoms with Crippen LogP contribution in [0.25, 0.3) is 0 Å². The summed E-state index contributed by atoms with van der Waals surface area (Å²) in [7, 11) is 0. The van der Waals surface area contributed by atoms with Gasteiger partial charge >= 0.3 is 0 Å². The van der Waals surface area contributed by atoms with Crippen molar-refractivity contribution in [3.8, 4) is 5.75 Å². The monoisotopic (exact) mass is 288 g/mol. The van der Waals surface area contributed by atoms with Crippen LogP contribution in [0, 0.1) is 11.8 Å². The van der Waals surface area contributed by atoms with Crippen molar-refractivity contribution in [2.75, 3.05) is 19.7 Å². The highest BCUT2D eigenvalue weighted by atomic mass is 16.5. The number of ether oxygens (including phenoxy) is 1. The SMILES string of the molecule is CCCOc1ccc(CN2CC3CCCC(N)C3C2)cc1. The lowest BCUT2D eigenvalue weighted by Crippen LogP contribution is -2.38. The van der Waals surface area contributed by atoms with E-state index in [0.29, 0.717) is 6.04 Å². The molecule has 1 aromatic rings. The van der Waals surface area contributed by atoms with Crippen LogP contribution in [-0.4, -0.2) is 30.6 Å². The van der Waals surface area contributed by atoms with Gasteiger partial charge in [-0.1, -0.05) is 25.5 Å². The number of benzene rings is 1. The summed E-state index contributed by atoms with van der Waals surface area (Å²) < 4.78 is 5.64. The molecule has 0 spiro atoms. The summed E-state index contributed by atoms with van der Waals surface area (Å²) >= 11 is 0. The summed E-state index contributed by atoms with van der Waals surface area (Å²) in [6, 6.07) is 9.03. The summed E-state index contributed by atoms with van der Waals surface area (Å²) in [5.74, 6) is 2.55. The van der Waals surface area contributed by atoms with Crippen LogP contribution in [0.1, 0.15) is 38.2 Å². The molecule has 1 saturated carbocycles. The van der Waals surface area contributed by atoms with Crippen molar-refractivity contribution in [3.05, 3.63) is 29.8 Å². The Morgan fingerprint density at radius 2 is 2.00 bits per heavy atom. The van der Waals surface area contributed by atoms with Crippen LogP contribution in [0.5, 0.6) is 5.75 Å². The standard InChI is InChI=1S/C18H28N2O/c1-2-10-21-16-8-6-14(7-9-16)11-20-12-15-4-3-5-18(19)17(15)13-20/h6-9,15,17-18H,2-5,10-13,19H2,1H3.